The Morgan fingerprint density at radius 3 is 2.24 bits per heavy atom. The van der Waals surface area contributed by atoms with Gasteiger partial charge in [-0.05, 0) is 55.0 Å². The monoisotopic (exact) mass is 518 g/mol. The molecule has 0 spiro atoms. The highest BCUT2D eigenvalue weighted by Gasteiger charge is 2.28. The van der Waals surface area contributed by atoms with Crippen molar-refractivity contribution in [1.29, 1.82) is 0 Å². The number of amides is 2. The van der Waals surface area contributed by atoms with Gasteiger partial charge in [0, 0.05) is 43.0 Å². The normalized spacial score (nSPS) is 13.8. The zero-order chi connectivity index (χ0) is 27.2. The molecule has 1 aromatic heterocycles. The molecule has 0 N–H and O–H groups in total. The van der Waals surface area contributed by atoms with Gasteiger partial charge in [0.25, 0.3) is 11.8 Å². The van der Waals surface area contributed by atoms with Crippen molar-refractivity contribution < 1.29 is 23.5 Å². The number of hydrogen-bond acceptors (Lipinski definition) is 5. The van der Waals surface area contributed by atoms with Gasteiger partial charge in [0.05, 0.1) is 19.9 Å². The SMILES string of the molecule is C=C/C=C(/c1ccc(OC)c(OC)c1)n1nc(C(=O)N2CCN(C(=O)c3cccc(F)c3)CC2)cc1CC. The van der Waals surface area contributed by atoms with Crippen LogP contribution >= 0.6 is 0 Å². The van der Waals surface area contributed by atoms with E-state index in [1.165, 1.54) is 18.2 Å². The van der Waals surface area contributed by atoms with Gasteiger partial charge < -0.3 is 19.3 Å². The van der Waals surface area contributed by atoms with E-state index in [-0.39, 0.29) is 11.8 Å². The predicted octanol–water partition coefficient (Wildman–Crippen LogP) is 4.28. The quantitative estimate of drug-likeness (QED) is 0.416. The zero-order valence-corrected chi connectivity index (χ0v) is 21.8. The average molecular weight is 519 g/mol. The smallest absolute Gasteiger partial charge is 0.274 e. The summed E-state index contributed by atoms with van der Waals surface area (Å²) in [5, 5.41) is 4.68. The summed E-state index contributed by atoms with van der Waals surface area (Å²) in [5.41, 5.74) is 3.04. The minimum absolute atomic E-state index is 0.207. The second kappa shape index (κ2) is 11.8. The molecule has 198 valence electrons. The highest BCUT2D eigenvalue weighted by atomic mass is 19.1. The van der Waals surface area contributed by atoms with Gasteiger partial charge in [0.1, 0.15) is 5.82 Å². The Kier molecular flexibility index (Phi) is 8.25. The van der Waals surface area contributed by atoms with Crippen molar-refractivity contribution in [2.75, 3.05) is 40.4 Å². The van der Waals surface area contributed by atoms with Crippen LogP contribution < -0.4 is 9.47 Å². The molecule has 0 saturated carbocycles. The molecule has 3 aromatic rings. The summed E-state index contributed by atoms with van der Waals surface area (Å²) < 4.78 is 26.1. The van der Waals surface area contributed by atoms with Crippen LogP contribution in [0, 0.1) is 5.82 Å². The molecule has 0 atom stereocenters. The van der Waals surface area contributed by atoms with E-state index >= 15 is 0 Å². The van der Waals surface area contributed by atoms with Crippen LogP contribution in [0.4, 0.5) is 4.39 Å². The number of rotatable bonds is 8. The maximum absolute atomic E-state index is 13.5. The number of hydrogen-bond donors (Lipinski definition) is 0. The second-order valence-corrected chi connectivity index (χ2v) is 8.74. The molecule has 1 aliphatic heterocycles. The number of methoxy groups -OCH3 is 2. The topological polar surface area (TPSA) is 76.9 Å². The Bertz CT molecular complexity index is 1370. The van der Waals surface area contributed by atoms with Crippen LogP contribution in [0.1, 0.15) is 39.0 Å². The van der Waals surface area contributed by atoms with E-state index in [1.807, 2.05) is 31.2 Å². The number of nitrogens with zero attached hydrogens (tertiary/aromatic N) is 4. The number of aromatic nitrogens is 2. The largest absolute Gasteiger partial charge is 0.493 e. The number of carbonyl (C=O) groups excluding carboxylic acids is 2. The molecule has 9 heteroatoms. The van der Waals surface area contributed by atoms with E-state index in [0.717, 1.165) is 17.0 Å². The Morgan fingerprint density at radius 1 is 0.947 bits per heavy atom. The average Bonchev–Trinajstić information content (AvgIpc) is 3.39. The highest BCUT2D eigenvalue weighted by Crippen LogP contribution is 2.31. The minimum Gasteiger partial charge on any atom is -0.493 e. The van der Waals surface area contributed by atoms with Crippen molar-refractivity contribution in [3.63, 3.8) is 0 Å². The fourth-order valence-electron chi connectivity index (χ4n) is 4.46. The number of allylic oxidation sites excluding steroid dienone is 2. The molecular weight excluding hydrogens is 487 g/mol. The molecule has 1 aliphatic rings. The fraction of sp³-hybridized carbons (Fsp3) is 0.276. The molecular formula is C29H31FN4O4. The first kappa shape index (κ1) is 26.7. The lowest BCUT2D eigenvalue weighted by Crippen LogP contribution is -2.50. The Morgan fingerprint density at radius 2 is 1.63 bits per heavy atom. The maximum Gasteiger partial charge on any atom is 0.274 e. The van der Waals surface area contributed by atoms with Gasteiger partial charge in [-0.3, -0.25) is 9.59 Å². The minimum atomic E-state index is -0.454. The lowest BCUT2D eigenvalue weighted by molar-refractivity contribution is 0.0532. The summed E-state index contributed by atoms with van der Waals surface area (Å²) in [7, 11) is 3.15. The summed E-state index contributed by atoms with van der Waals surface area (Å²) in [6, 6.07) is 13.0. The third kappa shape index (κ3) is 5.46. The summed E-state index contributed by atoms with van der Waals surface area (Å²) in [5.74, 6) is 0.276. The lowest BCUT2D eigenvalue weighted by Gasteiger charge is -2.34. The first-order valence-electron chi connectivity index (χ1n) is 12.4. The van der Waals surface area contributed by atoms with E-state index in [2.05, 4.69) is 11.7 Å². The van der Waals surface area contributed by atoms with Crippen molar-refractivity contribution in [2.24, 2.45) is 0 Å². The number of aryl methyl sites for hydroxylation is 1. The highest BCUT2D eigenvalue weighted by molar-refractivity contribution is 5.95. The molecule has 38 heavy (non-hydrogen) atoms. The first-order chi connectivity index (χ1) is 18.4. The van der Waals surface area contributed by atoms with Gasteiger partial charge in [-0.1, -0.05) is 25.6 Å². The number of piperazine rings is 1. The molecule has 0 aliphatic carbocycles. The van der Waals surface area contributed by atoms with Crippen LogP contribution in [0.15, 0.2) is 67.3 Å². The maximum atomic E-state index is 13.5. The molecule has 8 nitrogen and oxygen atoms in total. The van der Waals surface area contributed by atoms with Crippen LogP contribution in [0.5, 0.6) is 11.5 Å². The molecule has 0 bridgehead atoms. The van der Waals surface area contributed by atoms with Gasteiger partial charge in [-0.25, -0.2) is 9.07 Å². The number of ether oxygens (including phenoxy) is 2. The molecule has 1 fully saturated rings. The van der Waals surface area contributed by atoms with Crippen molar-refractivity contribution in [3.05, 3.63) is 95.6 Å². The molecule has 0 unspecified atom stereocenters. The van der Waals surface area contributed by atoms with Crippen LogP contribution in [0.2, 0.25) is 0 Å². The molecule has 1 saturated heterocycles. The van der Waals surface area contributed by atoms with E-state index in [0.29, 0.717) is 55.4 Å². The third-order valence-corrected chi connectivity index (χ3v) is 6.47. The van der Waals surface area contributed by atoms with E-state index < -0.39 is 5.82 Å². The van der Waals surface area contributed by atoms with Gasteiger partial charge in [0.2, 0.25) is 0 Å². The van der Waals surface area contributed by atoms with Crippen LogP contribution in [0.25, 0.3) is 5.70 Å². The number of benzene rings is 2. The second-order valence-electron chi connectivity index (χ2n) is 8.74. The molecule has 4 rings (SSSR count). The van der Waals surface area contributed by atoms with Crippen molar-refractivity contribution in [2.45, 2.75) is 13.3 Å². The summed E-state index contributed by atoms with van der Waals surface area (Å²) in [4.78, 5) is 29.5. The first-order valence-corrected chi connectivity index (χ1v) is 12.4. The number of halogens is 1. The fourth-order valence-corrected chi connectivity index (χ4v) is 4.46. The summed E-state index contributed by atoms with van der Waals surface area (Å²) in [6.07, 6.45) is 4.15. The van der Waals surface area contributed by atoms with E-state index in [1.54, 1.807) is 46.9 Å². The zero-order valence-electron chi connectivity index (χ0n) is 21.8. The van der Waals surface area contributed by atoms with Gasteiger partial charge in [0.15, 0.2) is 17.2 Å². The summed E-state index contributed by atoms with van der Waals surface area (Å²) >= 11 is 0. The summed E-state index contributed by atoms with van der Waals surface area (Å²) in [6.45, 7) is 7.28. The van der Waals surface area contributed by atoms with Gasteiger partial charge >= 0.3 is 0 Å². The molecule has 2 amide bonds. The predicted molar refractivity (Wildman–Crippen MR) is 143 cm³/mol. The Balaban J connectivity index is 1.54. The van der Waals surface area contributed by atoms with Crippen molar-refractivity contribution in [3.8, 4) is 11.5 Å². The lowest BCUT2D eigenvalue weighted by atomic mass is 10.1. The number of carbonyl (C=O) groups is 2. The third-order valence-electron chi connectivity index (χ3n) is 6.47. The molecule has 2 heterocycles. The van der Waals surface area contributed by atoms with E-state index in [9.17, 15) is 14.0 Å². The van der Waals surface area contributed by atoms with Crippen molar-refractivity contribution in [1.82, 2.24) is 19.6 Å². The van der Waals surface area contributed by atoms with Crippen LogP contribution in [-0.2, 0) is 6.42 Å². The van der Waals surface area contributed by atoms with Gasteiger partial charge in [-0.15, -0.1) is 0 Å². The molecule has 2 aromatic carbocycles. The Hall–Kier alpha value is -4.40. The standard InChI is InChI=1S/C29H31FN4O4/c1-5-8-25(20-11-12-26(37-3)27(18-20)38-4)34-23(6-2)19-24(31-34)29(36)33-15-13-32(14-16-33)28(35)21-9-7-10-22(30)17-21/h5,7-12,17-19H,1,6,13-16H2,2-4H3/b25-8-. The Labute approximate surface area is 221 Å². The van der Waals surface area contributed by atoms with Crippen LogP contribution in [-0.4, -0.2) is 71.8 Å². The van der Waals surface area contributed by atoms with Crippen LogP contribution in [0.3, 0.4) is 0 Å². The van der Waals surface area contributed by atoms with Crippen molar-refractivity contribution >= 4 is 17.5 Å². The van der Waals surface area contributed by atoms with Gasteiger partial charge in [-0.2, -0.15) is 5.10 Å². The van der Waals surface area contributed by atoms with E-state index in [4.69, 9.17) is 9.47 Å². The molecule has 0 radical (unpaired) electrons.